The maximum absolute atomic E-state index is 12.8. The average Bonchev–Trinajstić information content (AvgIpc) is 3.10. The zero-order chi connectivity index (χ0) is 17.1. The second kappa shape index (κ2) is 6.86. The summed E-state index contributed by atoms with van der Waals surface area (Å²) in [6, 6.07) is 5.68. The lowest BCUT2D eigenvalue weighted by molar-refractivity contribution is 0.0727. The third kappa shape index (κ3) is 3.04. The topological polar surface area (TPSA) is 64.5 Å². The molecular weight excluding hydrogens is 306 g/mol. The van der Waals surface area contributed by atoms with Gasteiger partial charge in [0.1, 0.15) is 17.2 Å². The van der Waals surface area contributed by atoms with Crippen molar-refractivity contribution in [1.29, 1.82) is 0 Å². The predicted molar refractivity (Wildman–Crippen MR) is 89.3 cm³/mol. The van der Waals surface area contributed by atoms with E-state index in [1.165, 1.54) is 6.20 Å². The Balaban J connectivity index is 1.90. The molecule has 1 aromatic carbocycles. The number of aromatic nitrogens is 2. The Morgan fingerprint density at radius 1 is 1.21 bits per heavy atom. The first kappa shape index (κ1) is 16.2. The summed E-state index contributed by atoms with van der Waals surface area (Å²) < 4.78 is 10.8. The van der Waals surface area contributed by atoms with Crippen molar-refractivity contribution in [2.45, 2.75) is 25.8 Å². The summed E-state index contributed by atoms with van der Waals surface area (Å²) >= 11 is 0. The highest BCUT2D eigenvalue weighted by atomic mass is 16.5. The monoisotopic (exact) mass is 327 g/mol. The Hall–Kier alpha value is -2.63. The highest BCUT2D eigenvalue weighted by Gasteiger charge is 2.33. The standard InChI is InChI=1S/C18H21N3O3/c1-12-10-20-15(11-19-12)18(22)21-8-4-5-16(21)14-7-6-13(23-2)9-17(14)24-3/h6-7,9-11,16H,4-5,8H2,1-3H3/t16-/m1/s1. The normalized spacial score (nSPS) is 17.0. The molecule has 24 heavy (non-hydrogen) atoms. The number of methoxy groups -OCH3 is 2. The molecule has 3 rings (SSSR count). The third-order valence-corrected chi connectivity index (χ3v) is 4.31. The van der Waals surface area contributed by atoms with Gasteiger partial charge < -0.3 is 14.4 Å². The number of benzene rings is 1. The van der Waals surface area contributed by atoms with E-state index in [0.717, 1.165) is 35.6 Å². The molecule has 1 fully saturated rings. The number of amides is 1. The summed E-state index contributed by atoms with van der Waals surface area (Å²) in [5.41, 5.74) is 2.16. The van der Waals surface area contributed by atoms with Crippen molar-refractivity contribution in [3.63, 3.8) is 0 Å². The molecule has 0 aliphatic carbocycles. The van der Waals surface area contributed by atoms with Crippen molar-refractivity contribution in [2.75, 3.05) is 20.8 Å². The Morgan fingerprint density at radius 2 is 2.04 bits per heavy atom. The van der Waals surface area contributed by atoms with Crippen molar-refractivity contribution in [2.24, 2.45) is 0 Å². The number of aryl methyl sites for hydroxylation is 1. The van der Waals surface area contributed by atoms with Gasteiger partial charge in [0.15, 0.2) is 0 Å². The smallest absolute Gasteiger partial charge is 0.274 e. The van der Waals surface area contributed by atoms with Crippen LogP contribution in [0.25, 0.3) is 0 Å². The molecule has 6 nitrogen and oxygen atoms in total. The van der Waals surface area contributed by atoms with E-state index in [0.29, 0.717) is 12.2 Å². The molecule has 6 heteroatoms. The number of carbonyl (C=O) groups is 1. The molecule has 0 radical (unpaired) electrons. The maximum atomic E-state index is 12.8. The van der Waals surface area contributed by atoms with E-state index in [-0.39, 0.29) is 11.9 Å². The fourth-order valence-corrected chi connectivity index (χ4v) is 3.08. The van der Waals surface area contributed by atoms with E-state index in [1.807, 2.05) is 30.0 Å². The van der Waals surface area contributed by atoms with Crippen LogP contribution in [-0.4, -0.2) is 41.5 Å². The van der Waals surface area contributed by atoms with Crippen molar-refractivity contribution in [1.82, 2.24) is 14.9 Å². The summed E-state index contributed by atoms with van der Waals surface area (Å²) in [6.07, 6.45) is 5.00. The van der Waals surface area contributed by atoms with Gasteiger partial charge in [0.2, 0.25) is 0 Å². The minimum Gasteiger partial charge on any atom is -0.497 e. The summed E-state index contributed by atoms with van der Waals surface area (Å²) in [6.45, 7) is 2.55. The molecule has 1 aliphatic heterocycles. The van der Waals surface area contributed by atoms with Crippen LogP contribution >= 0.6 is 0 Å². The summed E-state index contributed by atoms with van der Waals surface area (Å²) in [4.78, 5) is 23.1. The van der Waals surface area contributed by atoms with Gasteiger partial charge in [0.05, 0.1) is 32.2 Å². The molecule has 0 spiro atoms. The lowest BCUT2D eigenvalue weighted by Crippen LogP contribution is -2.31. The van der Waals surface area contributed by atoms with Gasteiger partial charge in [0.25, 0.3) is 5.91 Å². The summed E-state index contributed by atoms with van der Waals surface area (Å²) in [5, 5.41) is 0. The highest BCUT2D eigenvalue weighted by Crippen LogP contribution is 2.39. The molecule has 1 atom stereocenters. The average molecular weight is 327 g/mol. The van der Waals surface area contributed by atoms with E-state index >= 15 is 0 Å². The lowest BCUT2D eigenvalue weighted by atomic mass is 10.0. The zero-order valence-electron chi connectivity index (χ0n) is 14.2. The van der Waals surface area contributed by atoms with Gasteiger partial charge >= 0.3 is 0 Å². The molecular formula is C18H21N3O3. The van der Waals surface area contributed by atoms with E-state index in [1.54, 1.807) is 20.4 Å². The third-order valence-electron chi connectivity index (χ3n) is 4.31. The van der Waals surface area contributed by atoms with E-state index in [2.05, 4.69) is 9.97 Å². The van der Waals surface area contributed by atoms with Gasteiger partial charge in [-0.15, -0.1) is 0 Å². The van der Waals surface area contributed by atoms with E-state index < -0.39 is 0 Å². The summed E-state index contributed by atoms with van der Waals surface area (Å²) in [5.74, 6) is 1.37. The van der Waals surface area contributed by atoms with Crippen LogP contribution in [0.1, 0.15) is 40.6 Å². The van der Waals surface area contributed by atoms with Crippen LogP contribution in [0.15, 0.2) is 30.6 Å². The second-order valence-electron chi connectivity index (χ2n) is 5.81. The van der Waals surface area contributed by atoms with Crippen molar-refractivity contribution in [3.8, 4) is 11.5 Å². The molecule has 0 unspecified atom stereocenters. The highest BCUT2D eigenvalue weighted by molar-refractivity contribution is 5.92. The molecule has 1 amide bonds. The Bertz CT molecular complexity index is 731. The first-order chi connectivity index (χ1) is 11.6. The molecule has 1 aliphatic rings. The molecule has 0 N–H and O–H groups in total. The molecule has 1 aromatic heterocycles. The number of nitrogens with zero attached hydrogens (tertiary/aromatic N) is 3. The number of likely N-dealkylation sites (tertiary alicyclic amines) is 1. The predicted octanol–water partition coefficient (Wildman–Crippen LogP) is 2.78. The first-order valence-electron chi connectivity index (χ1n) is 7.95. The van der Waals surface area contributed by atoms with Gasteiger partial charge in [0, 0.05) is 24.4 Å². The van der Waals surface area contributed by atoms with Crippen LogP contribution in [0.4, 0.5) is 0 Å². The van der Waals surface area contributed by atoms with E-state index in [9.17, 15) is 4.79 Å². The zero-order valence-corrected chi connectivity index (χ0v) is 14.2. The van der Waals surface area contributed by atoms with Crippen LogP contribution in [0.3, 0.4) is 0 Å². The van der Waals surface area contributed by atoms with Crippen molar-refractivity contribution in [3.05, 3.63) is 47.5 Å². The van der Waals surface area contributed by atoms with Crippen LogP contribution in [0.5, 0.6) is 11.5 Å². The molecule has 2 heterocycles. The summed E-state index contributed by atoms with van der Waals surface area (Å²) in [7, 11) is 3.25. The van der Waals surface area contributed by atoms with Crippen LogP contribution in [-0.2, 0) is 0 Å². The van der Waals surface area contributed by atoms with Crippen LogP contribution in [0.2, 0.25) is 0 Å². The minimum absolute atomic E-state index is 0.0264. The Morgan fingerprint density at radius 3 is 2.71 bits per heavy atom. The van der Waals surface area contributed by atoms with Crippen molar-refractivity contribution < 1.29 is 14.3 Å². The molecule has 2 aromatic rings. The number of hydrogen-bond donors (Lipinski definition) is 0. The Labute approximate surface area is 141 Å². The van der Waals surface area contributed by atoms with Gasteiger partial charge in [-0.2, -0.15) is 0 Å². The maximum Gasteiger partial charge on any atom is 0.274 e. The molecule has 0 bridgehead atoms. The van der Waals surface area contributed by atoms with Crippen LogP contribution in [0, 0.1) is 6.92 Å². The number of ether oxygens (including phenoxy) is 2. The lowest BCUT2D eigenvalue weighted by Gasteiger charge is -2.26. The number of carbonyl (C=O) groups excluding carboxylic acids is 1. The Kier molecular flexibility index (Phi) is 4.64. The van der Waals surface area contributed by atoms with E-state index in [4.69, 9.17) is 9.47 Å². The van der Waals surface area contributed by atoms with Gasteiger partial charge in [-0.05, 0) is 31.9 Å². The quantitative estimate of drug-likeness (QED) is 0.864. The minimum atomic E-state index is -0.0946. The van der Waals surface area contributed by atoms with Crippen molar-refractivity contribution >= 4 is 5.91 Å². The largest absolute Gasteiger partial charge is 0.497 e. The van der Waals surface area contributed by atoms with Crippen LogP contribution < -0.4 is 9.47 Å². The molecule has 0 saturated carbocycles. The fourth-order valence-electron chi connectivity index (χ4n) is 3.08. The SMILES string of the molecule is COc1ccc([C@H]2CCCN2C(=O)c2cnc(C)cn2)c(OC)c1. The fraction of sp³-hybridized carbons (Fsp3) is 0.389. The molecule has 126 valence electrons. The van der Waals surface area contributed by atoms with Gasteiger partial charge in [-0.3, -0.25) is 9.78 Å². The van der Waals surface area contributed by atoms with Gasteiger partial charge in [-0.25, -0.2) is 4.98 Å². The number of hydrogen-bond acceptors (Lipinski definition) is 5. The second-order valence-corrected chi connectivity index (χ2v) is 5.81. The number of rotatable bonds is 4. The molecule has 1 saturated heterocycles. The first-order valence-corrected chi connectivity index (χ1v) is 7.95. The van der Waals surface area contributed by atoms with Gasteiger partial charge in [-0.1, -0.05) is 0 Å².